The molecule has 0 aliphatic rings. The lowest BCUT2D eigenvalue weighted by atomic mass is 10.3. The maximum absolute atomic E-state index is 12.1. The lowest BCUT2D eigenvalue weighted by Crippen LogP contribution is -2.15. The van der Waals surface area contributed by atoms with Crippen molar-refractivity contribution in [3.63, 3.8) is 0 Å². The van der Waals surface area contributed by atoms with Crippen LogP contribution in [0.2, 0.25) is 0 Å². The summed E-state index contributed by atoms with van der Waals surface area (Å²) >= 11 is 0. The molecule has 0 radical (unpaired) electrons. The van der Waals surface area contributed by atoms with Gasteiger partial charge in [0.25, 0.3) is 15.7 Å². The van der Waals surface area contributed by atoms with Gasteiger partial charge in [-0.25, -0.2) is 13.4 Å². The number of para-hydroxylation sites is 1. The average molecular weight is 279 g/mol. The van der Waals surface area contributed by atoms with Crippen LogP contribution >= 0.6 is 0 Å². The molecule has 0 spiro atoms. The van der Waals surface area contributed by atoms with E-state index in [2.05, 4.69) is 9.71 Å². The van der Waals surface area contributed by atoms with E-state index in [1.54, 1.807) is 12.1 Å². The van der Waals surface area contributed by atoms with Crippen LogP contribution in [0.3, 0.4) is 0 Å². The molecule has 0 amide bonds. The van der Waals surface area contributed by atoms with E-state index in [-0.39, 0.29) is 5.82 Å². The van der Waals surface area contributed by atoms with E-state index in [1.165, 1.54) is 30.5 Å². The van der Waals surface area contributed by atoms with Crippen molar-refractivity contribution < 1.29 is 13.3 Å². The Hall–Kier alpha value is -2.48. The number of pyridine rings is 1. The van der Waals surface area contributed by atoms with Gasteiger partial charge in [-0.3, -0.25) is 14.8 Å². The Labute approximate surface area is 109 Å². The van der Waals surface area contributed by atoms with Crippen LogP contribution in [0, 0.1) is 10.1 Å². The molecular formula is C11H9N3O4S. The number of hydrogen-bond acceptors (Lipinski definition) is 5. The van der Waals surface area contributed by atoms with E-state index in [4.69, 9.17) is 0 Å². The number of rotatable bonds is 4. The fourth-order valence-electron chi connectivity index (χ4n) is 1.45. The minimum atomic E-state index is -4.04. The molecule has 1 N–H and O–H groups in total. The Morgan fingerprint density at radius 3 is 2.42 bits per heavy atom. The molecule has 0 aliphatic heterocycles. The van der Waals surface area contributed by atoms with Crippen molar-refractivity contribution in [3.8, 4) is 0 Å². The lowest BCUT2D eigenvalue weighted by molar-refractivity contribution is -0.387. The third-order valence-corrected chi connectivity index (χ3v) is 3.66. The van der Waals surface area contributed by atoms with Gasteiger partial charge in [-0.2, -0.15) is 0 Å². The summed E-state index contributed by atoms with van der Waals surface area (Å²) in [6, 6.07) is 9.80. The second-order valence-corrected chi connectivity index (χ2v) is 5.20. The standard InChI is InChI=1S/C11H9N3O4S/c15-14(16)9-5-1-2-6-10(9)19(17,18)13-11-7-3-4-8-12-11/h1-8H,(H,12,13). The summed E-state index contributed by atoms with van der Waals surface area (Å²) in [5.41, 5.74) is -0.481. The zero-order valence-electron chi connectivity index (χ0n) is 9.55. The Morgan fingerprint density at radius 1 is 1.11 bits per heavy atom. The van der Waals surface area contributed by atoms with E-state index >= 15 is 0 Å². The Bertz CT molecular complexity index is 701. The van der Waals surface area contributed by atoms with Crippen molar-refractivity contribution >= 4 is 21.5 Å². The number of benzene rings is 1. The van der Waals surface area contributed by atoms with Gasteiger partial charge in [0, 0.05) is 12.3 Å². The van der Waals surface area contributed by atoms with Crippen molar-refractivity contribution in [2.75, 3.05) is 4.72 Å². The fourth-order valence-corrected chi connectivity index (χ4v) is 2.63. The minimum absolute atomic E-state index is 0.0978. The number of nitrogens with zero attached hydrogens (tertiary/aromatic N) is 2. The predicted molar refractivity (Wildman–Crippen MR) is 68.1 cm³/mol. The molecule has 98 valence electrons. The van der Waals surface area contributed by atoms with Crippen LogP contribution in [0.4, 0.5) is 11.5 Å². The monoisotopic (exact) mass is 279 g/mol. The third kappa shape index (κ3) is 2.86. The maximum atomic E-state index is 12.1. The molecule has 19 heavy (non-hydrogen) atoms. The molecule has 0 saturated heterocycles. The number of nitrogens with one attached hydrogen (secondary N) is 1. The Balaban J connectivity index is 2.43. The van der Waals surface area contributed by atoms with Gasteiger partial charge in [-0.05, 0) is 18.2 Å². The van der Waals surface area contributed by atoms with Gasteiger partial charge < -0.3 is 0 Å². The molecule has 8 heteroatoms. The largest absolute Gasteiger partial charge is 0.289 e. The van der Waals surface area contributed by atoms with E-state index in [0.717, 1.165) is 6.07 Å². The van der Waals surface area contributed by atoms with Gasteiger partial charge >= 0.3 is 0 Å². The molecule has 2 rings (SSSR count). The molecule has 0 atom stereocenters. The molecule has 0 unspecified atom stereocenters. The van der Waals surface area contributed by atoms with Gasteiger partial charge in [0.2, 0.25) is 0 Å². The van der Waals surface area contributed by atoms with Crippen LogP contribution in [0.1, 0.15) is 0 Å². The number of nitro benzene ring substituents is 1. The fraction of sp³-hybridized carbons (Fsp3) is 0. The van der Waals surface area contributed by atoms with Crippen LogP contribution in [0.5, 0.6) is 0 Å². The van der Waals surface area contributed by atoms with Crippen molar-refractivity contribution in [1.82, 2.24) is 4.98 Å². The van der Waals surface area contributed by atoms with Crippen molar-refractivity contribution in [3.05, 3.63) is 58.8 Å². The normalized spacial score (nSPS) is 10.9. The molecule has 1 aromatic carbocycles. The number of nitro groups is 1. The molecular weight excluding hydrogens is 270 g/mol. The van der Waals surface area contributed by atoms with Crippen molar-refractivity contribution in [1.29, 1.82) is 0 Å². The highest BCUT2D eigenvalue weighted by molar-refractivity contribution is 7.92. The summed E-state index contributed by atoms with van der Waals surface area (Å²) in [7, 11) is -4.04. The first-order valence-electron chi connectivity index (χ1n) is 5.18. The van der Waals surface area contributed by atoms with Gasteiger partial charge in [0.1, 0.15) is 5.82 Å². The lowest BCUT2D eigenvalue weighted by Gasteiger charge is -2.07. The molecule has 0 fully saturated rings. The molecule has 2 aromatic rings. The molecule has 0 saturated carbocycles. The van der Waals surface area contributed by atoms with Crippen LogP contribution in [0.25, 0.3) is 0 Å². The first-order chi connectivity index (χ1) is 9.00. The SMILES string of the molecule is O=[N+]([O-])c1ccccc1S(=O)(=O)Nc1ccccn1. The summed E-state index contributed by atoms with van der Waals surface area (Å²) in [6.07, 6.45) is 1.41. The van der Waals surface area contributed by atoms with E-state index in [9.17, 15) is 18.5 Å². The molecule has 0 bridgehead atoms. The maximum Gasteiger partial charge on any atom is 0.289 e. The highest BCUT2D eigenvalue weighted by Crippen LogP contribution is 2.24. The smallest absolute Gasteiger partial charge is 0.263 e. The van der Waals surface area contributed by atoms with E-state index < -0.39 is 25.5 Å². The van der Waals surface area contributed by atoms with Crippen molar-refractivity contribution in [2.45, 2.75) is 4.90 Å². The summed E-state index contributed by atoms with van der Waals surface area (Å²) in [5, 5.41) is 10.8. The van der Waals surface area contributed by atoms with Crippen LogP contribution in [-0.2, 0) is 10.0 Å². The summed E-state index contributed by atoms with van der Waals surface area (Å²) in [6.45, 7) is 0. The Kier molecular flexibility index (Phi) is 3.43. The third-order valence-electron chi connectivity index (χ3n) is 2.26. The van der Waals surface area contributed by atoms with Crippen LogP contribution in [0.15, 0.2) is 53.6 Å². The summed E-state index contributed by atoms with van der Waals surface area (Å²) in [4.78, 5) is 13.5. The quantitative estimate of drug-likeness (QED) is 0.679. The summed E-state index contributed by atoms with van der Waals surface area (Å²) in [5.74, 6) is 0.0978. The Morgan fingerprint density at radius 2 is 1.79 bits per heavy atom. The van der Waals surface area contributed by atoms with Crippen LogP contribution < -0.4 is 4.72 Å². The number of anilines is 1. The van der Waals surface area contributed by atoms with Gasteiger partial charge in [-0.1, -0.05) is 18.2 Å². The van der Waals surface area contributed by atoms with Crippen LogP contribution in [-0.4, -0.2) is 18.3 Å². The number of sulfonamides is 1. The molecule has 7 nitrogen and oxygen atoms in total. The highest BCUT2D eigenvalue weighted by Gasteiger charge is 2.25. The summed E-state index contributed by atoms with van der Waals surface area (Å²) < 4.78 is 26.3. The van der Waals surface area contributed by atoms with E-state index in [1.807, 2.05) is 0 Å². The van der Waals surface area contributed by atoms with E-state index in [0.29, 0.717) is 0 Å². The number of aromatic nitrogens is 1. The molecule has 1 heterocycles. The first kappa shape index (κ1) is 13.0. The second-order valence-electron chi connectivity index (χ2n) is 3.55. The van der Waals surface area contributed by atoms with Gasteiger partial charge in [0.15, 0.2) is 4.90 Å². The molecule has 1 aromatic heterocycles. The average Bonchev–Trinajstić information content (AvgIpc) is 2.39. The first-order valence-corrected chi connectivity index (χ1v) is 6.66. The zero-order chi connectivity index (χ0) is 13.9. The highest BCUT2D eigenvalue weighted by atomic mass is 32.2. The predicted octanol–water partition coefficient (Wildman–Crippen LogP) is 1.79. The zero-order valence-corrected chi connectivity index (χ0v) is 10.4. The minimum Gasteiger partial charge on any atom is -0.263 e. The van der Waals surface area contributed by atoms with Crippen molar-refractivity contribution in [2.24, 2.45) is 0 Å². The van der Waals surface area contributed by atoms with Gasteiger partial charge in [-0.15, -0.1) is 0 Å². The number of hydrogen-bond donors (Lipinski definition) is 1. The topological polar surface area (TPSA) is 102 Å². The second kappa shape index (κ2) is 5.02. The molecule has 0 aliphatic carbocycles. The van der Waals surface area contributed by atoms with Gasteiger partial charge in [0.05, 0.1) is 4.92 Å².